The van der Waals surface area contributed by atoms with Crippen molar-refractivity contribution >= 4 is 13.6 Å². The van der Waals surface area contributed by atoms with E-state index in [4.69, 9.17) is 14.5 Å². The van der Waals surface area contributed by atoms with E-state index in [1.165, 1.54) is 0 Å². The molecule has 1 atom stereocenters. The number of hydrogen-bond acceptors (Lipinski definition) is 5. The molecule has 0 bridgehead atoms. The van der Waals surface area contributed by atoms with Gasteiger partial charge in [0.1, 0.15) is 6.61 Å². The highest BCUT2D eigenvalue weighted by atomic mass is 31.2. The number of nitrogens with one attached hydrogen (secondary N) is 1. The Morgan fingerprint density at radius 2 is 2.00 bits per heavy atom. The molecular formula is C9H19N2O6P. The van der Waals surface area contributed by atoms with E-state index >= 15 is 0 Å². The molecule has 1 unspecified atom stereocenters. The van der Waals surface area contributed by atoms with Gasteiger partial charge in [0.25, 0.3) is 0 Å². The standard InChI is InChI=1S/C9H19N2O6P/c12-9(7-11(13)8-18(14,15)16)17-6-5-10-3-1-2-4-10/h11H,1-8H2,(H2,14,15,16). The molecule has 9 heteroatoms. The Labute approximate surface area is 105 Å². The summed E-state index contributed by atoms with van der Waals surface area (Å²) in [5.41, 5.74) is 0. The Morgan fingerprint density at radius 3 is 2.56 bits per heavy atom. The molecule has 0 aromatic heterocycles. The van der Waals surface area contributed by atoms with Crippen LogP contribution in [0.1, 0.15) is 12.8 Å². The topological polar surface area (TPSA) is 115 Å². The third-order valence-electron chi connectivity index (χ3n) is 2.59. The largest absolute Gasteiger partial charge is 0.633 e. The zero-order chi connectivity index (χ0) is 13.6. The maximum Gasteiger partial charge on any atom is 0.379 e. The normalized spacial score (nSPS) is 18.8. The van der Waals surface area contributed by atoms with Crippen molar-refractivity contribution in [2.75, 3.05) is 39.1 Å². The van der Waals surface area contributed by atoms with Crippen LogP contribution in [-0.2, 0) is 14.1 Å². The number of hydroxylamine groups is 2. The zero-order valence-corrected chi connectivity index (χ0v) is 11.0. The van der Waals surface area contributed by atoms with Gasteiger partial charge >= 0.3 is 13.6 Å². The molecule has 1 rings (SSSR count). The number of carbonyl (C=O) groups excluding carboxylic acids is 1. The zero-order valence-electron chi connectivity index (χ0n) is 10.1. The van der Waals surface area contributed by atoms with Crippen molar-refractivity contribution in [3.05, 3.63) is 5.21 Å². The van der Waals surface area contributed by atoms with Gasteiger partial charge in [0.15, 0.2) is 12.8 Å². The number of esters is 1. The van der Waals surface area contributed by atoms with E-state index in [2.05, 4.69) is 4.90 Å². The minimum Gasteiger partial charge on any atom is -0.633 e. The quantitative estimate of drug-likeness (QED) is 0.285. The summed E-state index contributed by atoms with van der Waals surface area (Å²) in [5.74, 6) is -0.729. The fourth-order valence-corrected chi connectivity index (χ4v) is 2.36. The maximum absolute atomic E-state index is 11.2. The Kier molecular flexibility index (Phi) is 6.20. The second-order valence-corrected chi connectivity index (χ2v) is 5.95. The lowest BCUT2D eigenvalue weighted by molar-refractivity contribution is -0.828. The van der Waals surface area contributed by atoms with Crippen LogP contribution >= 0.6 is 7.60 Å². The number of carbonyl (C=O) groups is 1. The summed E-state index contributed by atoms with van der Waals surface area (Å²) in [7, 11) is -4.39. The van der Waals surface area contributed by atoms with Gasteiger partial charge in [-0.3, -0.25) is 9.46 Å². The fourth-order valence-electron chi connectivity index (χ4n) is 1.79. The molecule has 0 aromatic rings. The first kappa shape index (κ1) is 15.6. The van der Waals surface area contributed by atoms with Gasteiger partial charge in [0.05, 0.1) is 0 Å². The number of likely N-dealkylation sites (tertiary alicyclic amines) is 1. The van der Waals surface area contributed by atoms with Crippen LogP contribution in [0.4, 0.5) is 0 Å². The van der Waals surface area contributed by atoms with E-state index in [9.17, 15) is 14.6 Å². The van der Waals surface area contributed by atoms with Gasteiger partial charge in [-0.05, 0) is 25.9 Å². The summed E-state index contributed by atoms with van der Waals surface area (Å²) < 4.78 is 15.4. The first-order chi connectivity index (χ1) is 8.37. The van der Waals surface area contributed by atoms with Crippen LogP contribution in [0.3, 0.4) is 0 Å². The highest BCUT2D eigenvalue weighted by Crippen LogP contribution is 2.30. The molecule has 0 spiro atoms. The number of nitrogens with zero attached hydrogens (tertiary/aromatic N) is 1. The molecule has 3 N–H and O–H groups in total. The number of hydrogen-bond donors (Lipinski definition) is 3. The summed E-state index contributed by atoms with van der Waals surface area (Å²) in [6.45, 7) is 2.26. The monoisotopic (exact) mass is 282 g/mol. The van der Waals surface area contributed by atoms with Crippen LogP contribution in [0.5, 0.6) is 0 Å². The van der Waals surface area contributed by atoms with Crippen LogP contribution in [0.15, 0.2) is 0 Å². The van der Waals surface area contributed by atoms with Gasteiger partial charge < -0.3 is 24.8 Å². The molecule has 1 heterocycles. The minimum absolute atomic E-state index is 0.210. The van der Waals surface area contributed by atoms with E-state index in [-0.39, 0.29) is 6.61 Å². The van der Waals surface area contributed by atoms with Crippen LogP contribution in [0.2, 0.25) is 0 Å². The molecule has 1 aliphatic heterocycles. The van der Waals surface area contributed by atoms with Crippen molar-refractivity contribution in [3.63, 3.8) is 0 Å². The first-order valence-corrected chi connectivity index (χ1v) is 7.61. The molecule has 1 aliphatic rings. The fraction of sp³-hybridized carbons (Fsp3) is 0.889. The summed E-state index contributed by atoms with van der Waals surface area (Å²) in [4.78, 5) is 30.5. The summed E-state index contributed by atoms with van der Waals surface area (Å²) in [6, 6.07) is 0. The smallest absolute Gasteiger partial charge is 0.379 e. The molecule has 0 saturated carbocycles. The molecule has 1 saturated heterocycles. The van der Waals surface area contributed by atoms with Gasteiger partial charge in [0.2, 0.25) is 0 Å². The van der Waals surface area contributed by atoms with Crippen LogP contribution in [-0.4, -0.2) is 59.7 Å². The van der Waals surface area contributed by atoms with Crippen molar-refractivity contribution in [3.8, 4) is 0 Å². The third kappa shape index (κ3) is 7.05. The predicted octanol–water partition coefficient (Wildman–Crippen LogP) is -1.86. The molecular weight excluding hydrogens is 263 g/mol. The van der Waals surface area contributed by atoms with E-state index in [0.29, 0.717) is 6.54 Å². The Morgan fingerprint density at radius 1 is 1.39 bits per heavy atom. The van der Waals surface area contributed by atoms with Gasteiger partial charge in [-0.25, -0.2) is 4.79 Å². The van der Waals surface area contributed by atoms with Crippen molar-refractivity contribution in [2.24, 2.45) is 0 Å². The molecule has 0 aliphatic carbocycles. The summed E-state index contributed by atoms with van der Waals surface area (Å²) in [5, 5.41) is 10.3. The average Bonchev–Trinajstić information content (AvgIpc) is 2.66. The van der Waals surface area contributed by atoms with Crippen LogP contribution in [0.25, 0.3) is 0 Å². The number of ether oxygens (including phenoxy) is 1. The molecule has 0 radical (unpaired) electrons. The Bertz CT molecular complexity index is 314. The molecule has 8 nitrogen and oxygen atoms in total. The lowest BCUT2D eigenvalue weighted by Gasteiger charge is -2.21. The number of rotatable bonds is 7. The maximum atomic E-state index is 11.2. The summed E-state index contributed by atoms with van der Waals surface area (Å²) >= 11 is 0. The first-order valence-electron chi connectivity index (χ1n) is 5.81. The van der Waals surface area contributed by atoms with Gasteiger partial charge in [-0.2, -0.15) is 0 Å². The van der Waals surface area contributed by atoms with Crippen molar-refractivity contribution < 1.29 is 28.9 Å². The second-order valence-electron chi connectivity index (χ2n) is 4.31. The lowest BCUT2D eigenvalue weighted by atomic mass is 10.4. The molecule has 18 heavy (non-hydrogen) atoms. The molecule has 1 fully saturated rings. The van der Waals surface area contributed by atoms with E-state index < -0.39 is 31.5 Å². The van der Waals surface area contributed by atoms with Gasteiger partial charge in [-0.15, -0.1) is 0 Å². The highest BCUT2D eigenvalue weighted by molar-refractivity contribution is 7.51. The van der Waals surface area contributed by atoms with E-state index in [1.807, 2.05) is 0 Å². The third-order valence-corrected chi connectivity index (χ3v) is 3.36. The summed E-state index contributed by atoms with van der Waals surface area (Å²) in [6.07, 6.45) is 1.39. The number of quaternary nitrogens is 1. The van der Waals surface area contributed by atoms with E-state index in [0.717, 1.165) is 25.9 Å². The van der Waals surface area contributed by atoms with Crippen molar-refractivity contribution in [1.82, 2.24) is 4.90 Å². The lowest BCUT2D eigenvalue weighted by Crippen LogP contribution is -3.08. The molecule has 0 aromatic carbocycles. The SMILES string of the molecule is O=C(C[NH+]([O-])CP(=O)(O)O)OCCN1CCCC1. The molecule has 106 valence electrons. The second kappa shape index (κ2) is 7.18. The van der Waals surface area contributed by atoms with Crippen LogP contribution in [0, 0.1) is 5.21 Å². The van der Waals surface area contributed by atoms with E-state index in [1.54, 1.807) is 0 Å². The van der Waals surface area contributed by atoms with Crippen molar-refractivity contribution in [2.45, 2.75) is 12.8 Å². The van der Waals surface area contributed by atoms with Crippen LogP contribution < -0.4 is 5.06 Å². The molecule has 0 amide bonds. The van der Waals surface area contributed by atoms with Gasteiger partial charge in [0, 0.05) is 6.54 Å². The predicted molar refractivity (Wildman–Crippen MR) is 62.7 cm³/mol. The average molecular weight is 282 g/mol. The van der Waals surface area contributed by atoms with Crippen molar-refractivity contribution in [1.29, 1.82) is 0 Å². The Hall–Kier alpha value is -0.500. The highest BCUT2D eigenvalue weighted by Gasteiger charge is 2.20. The Balaban J connectivity index is 2.11. The van der Waals surface area contributed by atoms with Gasteiger partial charge in [-0.1, -0.05) is 0 Å². The minimum atomic E-state index is -4.39.